The first-order valence-corrected chi connectivity index (χ1v) is 6.50. The Bertz CT molecular complexity index is 523. The van der Waals surface area contributed by atoms with Crippen molar-refractivity contribution in [3.8, 4) is 5.75 Å². The molecule has 0 radical (unpaired) electrons. The number of pyridine rings is 1. The molecule has 2 aromatic rings. The van der Waals surface area contributed by atoms with Crippen molar-refractivity contribution in [3.63, 3.8) is 0 Å². The van der Waals surface area contributed by atoms with Crippen molar-refractivity contribution in [1.29, 1.82) is 0 Å². The molecule has 1 aromatic carbocycles. The number of ether oxygens (including phenoxy) is 1. The predicted octanol–water partition coefficient (Wildman–Crippen LogP) is 3.03. The number of rotatable bonds is 5. The maximum absolute atomic E-state index is 6.24. The summed E-state index contributed by atoms with van der Waals surface area (Å²) in [5.74, 6) is 0.885. The van der Waals surface area contributed by atoms with Gasteiger partial charge in [-0.1, -0.05) is 18.2 Å². The van der Waals surface area contributed by atoms with E-state index in [0.29, 0.717) is 0 Å². The summed E-state index contributed by atoms with van der Waals surface area (Å²) in [7, 11) is 1.68. The fourth-order valence-corrected chi connectivity index (χ4v) is 2.16. The van der Waals surface area contributed by atoms with Gasteiger partial charge < -0.3 is 10.5 Å². The molecule has 3 heteroatoms. The zero-order chi connectivity index (χ0) is 13.7. The molecular formula is C16H20N2O. The Morgan fingerprint density at radius 2 is 1.95 bits per heavy atom. The molecule has 100 valence electrons. The highest BCUT2D eigenvalue weighted by Gasteiger charge is 2.09. The molecule has 2 N–H and O–H groups in total. The van der Waals surface area contributed by atoms with Gasteiger partial charge in [0, 0.05) is 17.9 Å². The van der Waals surface area contributed by atoms with Crippen LogP contribution in [0.25, 0.3) is 0 Å². The minimum atomic E-state index is 0.0378. The normalized spacial score (nSPS) is 12.2. The SMILES string of the molecule is COc1ccc(CCC(N)c2cccnc2C)cc1. The number of hydrogen-bond acceptors (Lipinski definition) is 3. The highest BCUT2D eigenvalue weighted by atomic mass is 16.5. The van der Waals surface area contributed by atoms with Crippen LogP contribution in [0.15, 0.2) is 42.6 Å². The molecule has 0 aliphatic carbocycles. The van der Waals surface area contributed by atoms with E-state index >= 15 is 0 Å². The average molecular weight is 256 g/mol. The Morgan fingerprint density at radius 1 is 1.21 bits per heavy atom. The lowest BCUT2D eigenvalue weighted by Gasteiger charge is -2.14. The van der Waals surface area contributed by atoms with E-state index in [1.54, 1.807) is 13.3 Å². The van der Waals surface area contributed by atoms with Crippen molar-refractivity contribution in [2.75, 3.05) is 7.11 Å². The van der Waals surface area contributed by atoms with Crippen LogP contribution < -0.4 is 10.5 Å². The topological polar surface area (TPSA) is 48.1 Å². The van der Waals surface area contributed by atoms with Crippen LogP contribution >= 0.6 is 0 Å². The molecule has 0 spiro atoms. The van der Waals surface area contributed by atoms with Gasteiger partial charge in [0.05, 0.1) is 7.11 Å². The molecule has 1 unspecified atom stereocenters. The number of hydrogen-bond donors (Lipinski definition) is 1. The lowest BCUT2D eigenvalue weighted by atomic mass is 9.99. The van der Waals surface area contributed by atoms with Crippen LogP contribution in [0.1, 0.15) is 29.3 Å². The van der Waals surface area contributed by atoms with Crippen LogP contribution in [-0.2, 0) is 6.42 Å². The molecule has 0 amide bonds. The van der Waals surface area contributed by atoms with Gasteiger partial charge in [-0.3, -0.25) is 4.98 Å². The van der Waals surface area contributed by atoms with E-state index in [9.17, 15) is 0 Å². The summed E-state index contributed by atoms with van der Waals surface area (Å²) >= 11 is 0. The van der Waals surface area contributed by atoms with Gasteiger partial charge in [-0.15, -0.1) is 0 Å². The first kappa shape index (κ1) is 13.6. The Kier molecular flexibility index (Phi) is 4.53. The molecule has 0 saturated carbocycles. The summed E-state index contributed by atoms with van der Waals surface area (Å²) in [6.45, 7) is 2.00. The molecular weight excluding hydrogens is 236 g/mol. The van der Waals surface area contributed by atoms with Crippen molar-refractivity contribution in [3.05, 3.63) is 59.4 Å². The molecule has 0 fully saturated rings. The van der Waals surface area contributed by atoms with Crippen molar-refractivity contribution in [2.45, 2.75) is 25.8 Å². The molecule has 1 atom stereocenters. The van der Waals surface area contributed by atoms with E-state index in [0.717, 1.165) is 29.8 Å². The van der Waals surface area contributed by atoms with E-state index in [1.807, 2.05) is 25.1 Å². The van der Waals surface area contributed by atoms with Crippen LogP contribution in [0.2, 0.25) is 0 Å². The Balaban J connectivity index is 1.96. The third-order valence-corrected chi connectivity index (χ3v) is 3.35. The zero-order valence-electron chi connectivity index (χ0n) is 11.5. The smallest absolute Gasteiger partial charge is 0.118 e. The molecule has 0 aliphatic rings. The lowest BCUT2D eigenvalue weighted by molar-refractivity contribution is 0.414. The van der Waals surface area contributed by atoms with Crippen LogP contribution in [0, 0.1) is 6.92 Å². The third-order valence-electron chi connectivity index (χ3n) is 3.35. The quantitative estimate of drug-likeness (QED) is 0.894. The molecule has 1 heterocycles. The van der Waals surface area contributed by atoms with Gasteiger partial charge in [-0.05, 0) is 49.1 Å². The summed E-state index contributed by atoms with van der Waals surface area (Å²) in [4.78, 5) is 4.28. The first-order chi connectivity index (χ1) is 9.20. The fraction of sp³-hybridized carbons (Fsp3) is 0.312. The highest BCUT2D eigenvalue weighted by Crippen LogP contribution is 2.20. The van der Waals surface area contributed by atoms with Gasteiger partial charge in [-0.2, -0.15) is 0 Å². The van der Waals surface area contributed by atoms with E-state index in [4.69, 9.17) is 10.5 Å². The molecule has 1 aromatic heterocycles. The van der Waals surface area contributed by atoms with Gasteiger partial charge in [0.2, 0.25) is 0 Å². The number of nitrogens with two attached hydrogens (primary N) is 1. The highest BCUT2D eigenvalue weighted by molar-refractivity contribution is 5.28. The second kappa shape index (κ2) is 6.34. The maximum Gasteiger partial charge on any atom is 0.118 e. The Hall–Kier alpha value is -1.87. The van der Waals surface area contributed by atoms with E-state index in [-0.39, 0.29) is 6.04 Å². The van der Waals surface area contributed by atoms with Crippen molar-refractivity contribution < 1.29 is 4.74 Å². The predicted molar refractivity (Wildman–Crippen MR) is 77.2 cm³/mol. The second-order valence-corrected chi connectivity index (χ2v) is 4.67. The first-order valence-electron chi connectivity index (χ1n) is 6.50. The van der Waals surface area contributed by atoms with Crippen molar-refractivity contribution in [2.24, 2.45) is 5.73 Å². The van der Waals surface area contributed by atoms with E-state index < -0.39 is 0 Å². The van der Waals surface area contributed by atoms with Gasteiger partial charge >= 0.3 is 0 Å². The monoisotopic (exact) mass is 256 g/mol. The average Bonchev–Trinajstić information content (AvgIpc) is 2.46. The molecule has 0 aliphatic heterocycles. The van der Waals surface area contributed by atoms with Gasteiger partial charge in [0.1, 0.15) is 5.75 Å². The minimum Gasteiger partial charge on any atom is -0.497 e. The summed E-state index contributed by atoms with van der Waals surface area (Å²) in [6, 6.07) is 12.2. The van der Waals surface area contributed by atoms with Crippen LogP contribution in [0.3, 0.4) is 0 Å². The van der Waals surface area contributed by atoms with Crippen LogP contribution in [0.4, 0.5) is 0 Å². The number of nitrogens with zero attached hydrogens (tertiary/aromatic N) is 1. The van der Waals surface area contributed by atoms with Gasteiger partial charge in [-0.25, -0.2) is 0 Å². The second-order valence-electron chi connectivity index (χ2n) is 4.67. The largest absolute Gasteiger partial charge is 0.497 e. The van der Waals surface area contributed by atoms with E-state index in [1.165, 1.54) is 5.56 Å². The number of aromatic nitrogens is 1. The van der Waals surface area contributed by atoms with Crippen LogP contribution in [-0.4, -0.2) is 12.1 Å². The van der Waals surface area contributed by atoms with Crippen LogP contribution in [0.5, 0.6) is 5.75 Å². The molecule has 0 saturated heterocycles. The van der Waals surface area contributed by atoms with Gasteiger partial charge in [0.15, 0.2) is 0 Å². The summed E-state index contributed by atoms with van der Waals surface area (Å²) in [5.41, 5.74) is 9.66. The molecule has 3 nitrogen and oxygen atoms in total. The molecule has 2 rings (SSSR count). The zero-order valence-corrected chi connectivity index (χ0v) is 11.5. The standard InChI is InChI=1S/C16H20N2O/c1-12-15(4-3-11-18-12)16(17)10-7-13-5-8-14(19-2)9-6-13/h3-6,8-9,11,16H,7,10,17H2,1-2H3. The van der Waals surface area contributed by atoms with Crippen molar-refractivity contribution >= 4 is 0 Å². The van der Waals surface area contributed by atoms with E-state index in [2.05, 4.69) is 23.2 Å². The Labute approximate surface area is 114 Å². The number of benzene rings is 1. The maximum atomic E-state index is 6.24. The summed E-state index contributed by atoms with van der Waals surface area (Å²) in [5, 5.41) is 0. The lowest BCUT2D eigenvalue weighted by Crippen LogP contribution is -2.13. The molecule has 0 bridgehead atoms. The summed E-state index contributed by atoms with van der Waals surface area (Å²) in [6.07, 6.45) is 3.67. The molecule has 19 heavy (non-hydrogen) atoms. The minimum absolute atomic E-state index is 0.0378. The Morgan fingerprint density at radius 3 is 2.58 bits per heavy atom. The summed E-state index contributed by atoms with van der Waals surface area (Å²) < 4.78 is 5.15. The van der Waals surface area contributed by atoms with Gasteiger partial charge in [0.25, 0.3) is 0 Å². The third kappa shape index (κ3) is 3.55. The van der Waals surface area contributed by atoms with Crippen molar-refractivity contribution in [1.82, 2.24) is 4.98 Å². The fourth-order valence-electron chi connectivity index (χ4n) is 2.16. The number of aryl methyl sites for hydroxylation is 2. The number of methoxy groups -OCH3 is 1.